The Hall–Kier alpha value is -1.94. The van der Waals surface area contributed by atoms with Crippen LogP contribution in [0.4, 0.5) is 0 Å². The van der Waals surface area contributed by atoms with Crippen molar-refractivity contribution in [3.63, 3.8) is 0 Å². The van der Waals surface area contributed by atoms with E-state index in [9.17, 15) is 0 Å². The van der Waals surface area contributed by atoms with Crippen LogP contribution in [0.25, 0.3) is 11.0 Å². The van der Waals surface area contributed by atoms with Gasteiger partial charge >= 0.3 is 0 Å². The number of aromatic nitrogens is 3. The van der Waals surface area contributed by atoms with Crippen LogP contribution in [0.3, 0.4) is 0 Å². The van der Waals surface area contributed by atoms with Crippen molar-refractivity contribution >= 4 is 23.3 Å². The van der Waals surface area contributed by atoms with E-state index in [1.165, 1.54) is 5.56 Å². The average molecular weight is 255 g/mol. The first-order chi connectivity index (χ1) is 8.75. The molecule has 0 saturated heterocycles. The molecule has 0 aliphatic carbocycles. The first-order valence-electron chi connectivity index (χ1n) is 5.84. The molecule has 0 atom stereocenters. The molecule has 2 aromatic heterocycles. The molecule has 1 aromatic carbocycles. The third-order valence-corrected chi connectivity index (χ3v) is 3.36. The van der Waals surface area contributed by atoms with Crippen molar-refractivity contribution in [2.24, 2.45) is 0 Å². The normalized spacial score (nSPS) is 10.9. The van der Waals surface area contributed by atoms with E-state index in [1.54, 1.807) is 6.20 Å². The molecule has 0 amide bonds. The minimum atomic E-state index is 0.699. The van der Waals surface area contributed by atoms with Crippen LogP contribution < -0.4 is 0 Å². The monoisotopic (exact) mass is 255 g/mol. The Morgan fingerprint density at radius 2 is 2.11 bits per heavy atom. The van der Waals surface area contributed by atoms with Crippen LogP contribution in [0.15, 0.2) is 42.6 Å². The highest BCUT2D eigenvalue weighted by Crippen LogP contribution is 2.19. The number of fused-ring (bicyclic) bond motifs is 1. The Morgan fingerprint density at radius 1 is 1.22 bits per heavy atom. The molecule has 3 rings (SSSR count). The Balaban J connectivity index is 2.17. The fourth-order valence-electron chi connectivity index (χ4n) is 2.21. The highest BCUT2D eigenvalue weighted by atomic mass is 32.1. The van der Waals surface area contributed by atoms with Gasteiger partial charge < -0.3 is 9.55 Å². The number of pyridine rings is 1. The van der Waals surface area contributed by atoms with Gasteiger partial charge in [-0.15, -0.1) is 0 Å². The number of hydrogen-bond donors (Lipinski definition) is 1. The van der Waals surface area contributed by atoms with Crippen molar-refractivity contribution in [2.45, 2.75) is 13.5 Å². The molecule has 4 heteroatoms. The van der Waals surface area contributed by atoms with Gasteiger partial charge in [0.05, 0.1) is 23.3 Å². The summed E-state index contributed by atoms with van der Waals surface area (Å²) in [5.41, 5.74) is 4.47. The highest BCUT2D eigenvalue weighted by Gasteiger charge is 2.07. The van der Waals surface area contributed by atoms with Crippen molar-refractivity contribution in [1.29, 1.82) is 0 Å². The number of aryl methyl sites for hydroxylation is 1. The fourth-order valence-corrected chi connectivity index (χ4v) is 2.47. The summed E-state index contributed by atoms with van der Waals surface area (Å²) in [6.45, 7) is 2.80. The van der Waals surface area contributed by atoms with Gasteiger partial charge in [0, 0.05) is 6.20 Å². The maximum atomic E-state index is 5.39. The lowest BCUT2D eigenvalue weighted by Crippen LogP contribution is -2.02. The van der Waals surface area contributed by atoms with Crippen LogP contribution in [0.5, 0.6) is 0 Å². The van der Waals surface area contributed by atoms with E-state index in [0.717, 1.165) is 21.5 Å². The summed E-state index contributed by atoms with van der Waals surface area (Å²) in [7, 11) is 0. The van der Waals surface area contributed by atoms with Gasteiger partial charge in [0.1, 0.15) is 0 Å². The Bertz CT molecular complexity index is 741. The minimum absolute atomic E-state index is 0.699. The first-order valence-corrected chi connectivity index (χ1v) is 6.24. The predicted molar refractivity (Wildman–Crippen MR) is 75.2 cm³/mol. The molecule has 0 aliphatic rings. The molecule has 0 unspecified atom stereocenters. The summed E-state index contributed by atoms with van der Waals surface area (Å²) in [4.78, 5) is 7.59. The molecule has 0 fully saturated rings. The van der Waals surface area contributed by atoms with E-state index in [-0.39, 0.29) is 0 Å². The number of nitrogens with one attached hydrogen (secondary N) is 1. The molecule has 0 aliphatic heterocycles. The molecule has 90 valence electrons. The average Bonchev–Trinajstić information content (AvgIpc) is 2.69. The number of benzene rings is 1. The quantitative estimate of drug-likeness (QED) is 0.712. The number of para-hydroxylation sites is 1. The van der Waals surface area contributed by atoms with Crippen LogP contribution >= 0.6 is 12.2 Å². The summed E-state index contributed by atoms with van der Waals surface area (Å²) in [5.74, 6) is 0. The SMILES string of the molecule is Cc1cccc2[nH]c(=S)n(Cc3ccccn3)c12. The van der Waals surface area contributed by atoms with Gasteiger partial charge in [-0.1, -0.05) is 18.2 Å². The number of rotatable bonds is 2. The Morgan fingerprint density at radius 3 is 2.89 bits per heavy atom. The molecule has 2 heterocycles. The van der Waals surface area contributed by atoms with E-state index in [2.05, 4.69) is 27.5 Å². The van der Waals surface area contributed by atoms with Gasteiger partial charge in [0.15, 0.2) is 4.77 Å². The molecule has 1 N–H and O–H groups in total. The topological polar surface area (TPSA) is 33.6 Å². The molecule has 18 heavy (non-hydrogen) atoms. The van der Waals surface area contributed by atoms with E-state index in [4.69, 9.17) is 12.2 Å². The lowest BCUT2D eigenvalue weighted by atomic mass is 10.2. The second-order valence-corrected chi connectivity index (χ2v) is 4.70. The van der Waals surface area contributed by atoms with Crippen LogP contribution in [-0.2, 0) is 6.54 Å². The standard InChI is InChI=1S/C14H13N3S/c1-10-5-4-7-12-13(10)17(14(18)16-12)9-11-6-2-3-8-15-11/h2-8H,9H2,1H3,(H,16,18). The van der Waals surface area contributed by atoms with Crippen molar-refractivity contribution in [2.75, 3.05) is 0 Å². The molecule has 0 radical (unpaired) electrons. The number of H-pyrrole nitrogens is 1. The molecule has 3 aromatic rings. The summed E-state index contributed by atoms with van der Waals surface area (Å²) in [6, 6.07) is 12.1. The van der Waals surface area contributed by atoms with Crippen molar-refractivity contribution in [3.8, 4) is 0 Å². The van der Waals surface area contributed by atoms with Crippen LogP contribution in [0.2, 0.25) is 0 Å². The smallest absolute Gasteiger partial charge is 0.178 e. The molecular weight excluding hydrogens is 242 g/mol. The summed E-state index contributed by atoms with van der Waals surface area (Å²) in [5, 5.41) is 0. The van der Waals surface area contributed by atoms with Crippen molar-refractivity contribution in [1.82, 2.24) is 14.5 Å². The molecular formula is C14H13N3S. The second-order valence-electron chi connectivity index (χ2n) is 4.31. The van der Waals surface area contributed by atoms with Crippen molar-refractivity contribution in [3.05, 3.63) is 58.6 Å². The van der Waals surface area contributed by atoms with Gasteiger partial charge in [0.2, 0.25) is 0 Å². The zero-order valence-corrected chi connectivity index (χ0v) is 10.9. The number of nitrogens with zero attached hydrogens (tertiary/aromatic N) is 2. The third-order valence-electron chi connectivity index (χ3n) is 3.04. The zero-order valence-electron chi connectivity index (χ0n) is 10.1. The maximum absolute atomic E-state index is 5.39. The summed E-state index contributed by atoms with van der Waals surface area (Å²) in [6.07, 6.45) is 1.81. The summed E-state index contributed by atoms with van der Waals surface area (Å²) >= 11 is 5.39. The van der Waals surface area contributed by atoms with E-state index >= 15 is 0 Å². The van der Waals surface area contributed by atoms with Crippen LogP contribution in [-0.4, -0.2) is 14.5 Å². The third kappa shape index (κ3) is 1.84. The lowest BCUT2D eigenvalue weighted by molar-refractivity contribution is 0.783. The first kappa shape index (κ1) is 11.2. The summed E-state index contributed by atoms with van der Waals surface area (Å²) < 4.78 is 2.84. The Kier molecular flexibility index (Phi) is 2.72. The molecule has 0 saturated carbocycles. The number of aromatic amines is 1. The Labute approximate surface area is 110 Å². The van der Waals surface area contributed by atoms with E-state index in [1.807, 2.05) is 30.3 Å². The predicted octanol–water partition coefficient (Wildman–Crippen LogP) is 3.45. The maximum Gasteiger partial charge on any atom is 0.178 e. The number of imidazole rings is 1. The highest BCUT2D eigenvalue weighted by molar-refractivity contribution is 7.71. The van der Waals surface area contributed by atoms with Gasteiger partial charge in [-0.2, -0.15) is 0 Å². The minimum Gasteiger partial charge on any atom is -0.331 e. The fraction of sp³-hybridized carbons (Fsp3) is 0.143. The van der Waals surface area contributed by atoms with Gasteiger partial charge in [0.25, 0.3) is 0 Å². The van der Waals surface area contributed by atoms with Crippen LogP contribution in [0, 0.1) is 11.7 Å². The lowest BCUT2D eigenvalue weighted by Gasteiger charge is -2.05. The zero-order chi connectivity index (χ0) is 12.5. The van der Waals surface area contributed by atoms with Crippen LogP contribution in [0.1, 0.15) is 11.3 Å². The van der Waals surface area contributed by atoms with E-state index < -0.39 is 0 Å². The molecule has 3 nitrogen and oxygen atoms in total. The number of hydrogen-bond acceptors (Lipinski definition) is 2. The van der Waals surface area contributed by atoms with Gasteiger partial charge in [-0.3, -0.25) is 4.98 Å². The van der Waals surface area contributed by atoms with Gasteiger partial charge in [-0.05, 0) is 42.9 Å². The molecule has 0 spiro atoms. The second kappa shape index (κ2) is 4.38. The van der Waals surface area contributed by atoms with Gasteiger partial charge in [-0.25, -0.2) is 0 Å². The largest absolute Gasteiger partial charge is 0.331 e. The van der Waals surface area contributed by atoms with Crippen molar-refractivity contribution < 1.29 is 0 Å². The molecule has 0 bridgehead atoms. The van der Waals surface area contributed by atoms with E-state index in [0.29, 0.717) is 6.54 Å².